The molecule has 8 nitrogen and oxygen atoms in total. The van der Waals surface area contributed by atoms with Gasteiger partial charge in [-0.3, -0.25) is 19.5 Å². The molecule has 2 N–H and O–H groups in total. The summed E-state index contributed by atoms with van der Waals surface area (Å²) in [6.45, 7) is 5.39. The number of fused-ring (bicyclic) bond motifs is 1. The maximum atomic E-state index is 13.6. The zero-order chi connectivity index (χ0) is 27.2. The minimum atomic E-state index is -0.376. The van der Waals surface area contributed by atoms with Crippen molar-refractivity contribution in [3.8, 4) is 5.75 Å². The number of aliphatic hydroxyl groups excluding tert-OH is 1. The van der Waals surface area contributed by atoms with Crippen molar-refractivity contribution in [2.24, 2.45) is 5.92 Å². The summed E-state index contributed by atoms with van der Waals surface area (Å²) in [5.74, 6) is -0.311. The fourth-order valence-corrected chi connectivity index (χ4v) is 4.66. The first-order valence-electron chi connectivity index (χ1n) is 12.6. The molecule has 0 saturated heterocycles. The zero-order valence-electron chi connectivity index (χ0n) is 21.8. The number of amides is 2. The Kier molecular flexibility index (Phi) is 8.99. The third kappa shape index (κ3) is 6.51. The largest absolute Gasteiger partial charge is 0.486 e. The van der Waals surface area contributed by atoms with Crippen molar-refractivity contribution in [3.05, 3.63) is 88.7 Å². The second-order valence-corrected chi connectivity index (χ2v) is 10.3. The third-order valence-electron chi connectivity index (χ3n) is 6.74. The van der Waals surface area contributed by atoms with Crippen LogP contribution in [0.3, 0.4) is 0 Å². The second-order valence-electron chi connectivity index (χ2n) is 9.82. The van der Waals surface area contributed by atoms with E-state index >= 15 is 0 Å². The van der Waals surface area contributed by atoms with Gasteiger partial charge in [0.25, 0.3) is 11.8 Å². The van der Waals surface area contributed by atoms with Crippen LogP contribution in [0, 0.1) is 5.92 Å². The summed E-state index contributed by atoms with van der Waals surface area (Å²) >= 11 is 6.04. The number of anilines is 1. The molecular formula is C29H33ClN4O4. The average Bonchev–Trinajstić information content (AvgIpc) is 2.92. The Hall–Kier alpha value is -3.46. The number of pyridine rings is 1. The van der Waals surface area contributed by atoms with Gasteiger partial charge in [-0.25, -0.2) is 0 Å². The number of rotatable bonds is 8. The Labute approximate surface area is 228 Å². The van der Waals surface area contributed by atoms with Crippen LogP contribution in [0.1, 0.15) is 40.1 Å². The lowest BCUT2D eigenvalue weighted by molar-refractivity contribution is 0.0343. The third-order valence-corrected chi connectivity index (χ3v) is 6.99. The number of halogens is 1. The van der Waals surface area contributed by atoms with E-state index in [2.05, 4.69) is 15.2 Å². The van der Waals surface area contributed by atoms with E-state index in [1.165, 1.54) is 0 Å². The van der Waals surface area contributed by atoms with Gasteiger partial charge in [0, 0.05) is 48.5 Å². The van der Waals surface area contributed by atoms with Crippen molar-refractivity contribution in [1.29, 1.82) is 0 Å². The maximum absolute atomic E-state index is 13.6. The summed E-state index contributed by atoms with van der Waals surface area (Å²) in [6, 6.07) is 15.7. The van der Waals surface area contributed by atoms with E-state index in [0.717, 1.165) is 5.56 Å². The first-order chi connectivity index (χ1) is 18.3. The van der Waals surface area contributed by atoms with Gasteiger partial charge in [0.1, 0.15) is 6.10 Å². The van der Waals surface area contributed by atoms with E-state index in [1.807, 2.05) is 45.2 Å². The van der Waals surface area contributed by atoms with Crippen molar-refractivity contribution in [1.82, 2.24) is 14.8 Å². The molecule has 200 valence electrons. The number of carbonyl (C=O) groups is 2. The number of hydrogen-bond donors (Lipinski definition) is 2. The van der Waals surface area contributed by atoms with Gasteiger partial charge in [0.15, 0.2) is 5.75 Å². The minimum Gasteiger partial charge on any atom is -0.486 e. The fraction of sp³-hybridized carbons (Fsp3) is 0.345. The van der Waals surface area contributed by atoms with E-state index in [0.29, 0.717) is 47.2 Å². The number of ether oxygens (including phenoxy) is 1. The maximum Gasteiger partial charge on any atom is 0.258 e. The molecule has 38 heavy (non-hydrogen) atoms. The van der Waals surface area contributed by atoms with Crippen LogP contribution in [0.15, 0.2) is 67.0 Å². The number of hydrogen-bond acceptors (Lipinski definition) is 6. The first kappa shape index (κ1) is 27.6. The molecule has 1 aliphatic heterocycles. The molecule has 0 saturated carbocycles. The lowest BCUT2D eigenvalue weighted by atomic mass is 9.98. The van der Waals surface area contributed by atoms with Gasteiger partial charge in [-0.05, 0) is 55.9 Å². The molecule has 0 fully saturated rings. The van der Waals surface area contributed by atoms with Crippen molar-refractivity contribution in [3.63, 3.8) is 0 Å². The highest BCUT2D eigenvalue weighted by atomic mass is 35.5. The molecular weight excluding hydrogens is 504 g/mol. The summed E-state index contributed by atoms with van der Waals surface area (Å²) in [4.78, 5) is 34.4. The summed E-state index contributed by atoms with van der Waals surface area (Å²) in [5, 5.41) is 13.5. The van der Waals surface area contributed by atoms with E-state index < -0.39 is 0 Å². The van der Waals surface area contributed by atoms with Crippen LogP contribution in [-0.4, -0.2) is 70.6 Å². The normalized spacial score (nSPS) is 18.3. The standard InChI is InChI=1S/C29H33ClN4O4/c1-19-15-34(20(2)18-35)29(37)24-5-4-6-25(32-28(36)22-11-13-31-14-12-22)27(24)38-26(19)17-33(3)16-21-7-9-23(30)10-8-21/h4-14,19-20,26,35H,15-18H2,1-3H3,(H,32,36)/t19-,20-,26+/m0/s1. The van der Waals surface area contributed by atoms with Crippen LogP contribution in [0.2, 0.25) is 5.02 Å². The molecule has 0 unspecified atom stereocenters. The smallest absolute Gasteiger partial charge is 0.258 e. The summed E-state index contributed by atoms with van der Waals surface area (Å²) in [6.07, 6.45) is 2.80. The second kappa shape index (κ2) is 12.4. The van der Waals surface area contributed by atoms with E-state index in [1.54, 1.807) is 47.6 Å². The molecule has 2 amide bonds. The van der Waals surface area contributed by atoms with Crippen LogP contribution in [0.4, 0.5) is 5.69 Å². The van der Waals surface area contributed by atoms with Crippen LogP contribution >= 0.6 is 11.6 Å². The van der Waals surface area contributed by atoms with Crippen molar-refractivity contribution in [2.75, 3.05) is 32.1 Å². The fourth-order valence-electron chi connectivity index (χ4n) is 4.53. The van der Waals surface area contributed by atoms with E-state index in [9.17, 15) is 14.7 Å². The molecule has 1 aliphatic rings. The van der Waals surface area contributed by atoms with Crippen LogP contribution < -0.4 is 10.1 Å². The number of nitrogens with zero attached hydrogens (tertiary/aromatic N) is 3. The monoisotopic (exact) mass is 536 g/mol. The van der Waals surface area contributed by atoms with Gasteiger partial charge in [-0.2, -0.15) is 0 Å². The first-order valence-corrected chi connectivity index (χ1v) is 13.0. The zero-order valence-corrected chi connectivity index (χ0v) is 22.6. The van der Waals surface area contributed by atoms with Crippen LogP contribution in [0.5, 0.6) is 5.75 Å². The Morgan fingerprint density at radius 1 is 1.21 bits per heavy atom. The quantitative estimate of drug-likeness (QED) is 0.445. The van der Waals surface area contributed by atoms with Gasteiger partial charge in [-0.15, -0.1) is 0 Å². The lowest BCUT2D eigenvalue weighted by Gasteiger charge is -2.38. The molecule has 2 heterocycles. The Balaban J connectivity index is 1.66. The molecule has 4 rings (SSSR count). The molecule has 3 aromatic rings. The summed E-state index contributed by atoms with van der Waals surface area (Å²) < 4.78 is 6.58. The van der Waals surface area contributed by atoms with Crippen molar-refractivity contribution >= 4 is 29.1 Å². The number of likely N-dealkylation sites (N-methyl/N-ethyl adjacent to an activating group) is 1. The Morgan fingerprint density at radius 3 is 2.61 bits per heavy atom. The Bertz CT molecular complexity index is 1260. The van der Waals surface area contributed by atoms with Crippen LogP contribution in [0.25, 0.3) is 0 Å². The number of benzene rings is 2. The van der Waals surface area contributed by atoms with Crippen molar-refractivity contribution < 1.29 is 19.4 Å². The summed E-state index contributed by atoms with van der Waals surface area (Å²) in [5.41, 5.74) is 2.31. The minimum absolute atomic E-state index is 0.0577. The molecule has 0 spiro atoms. The highest BCUT2D eigenvalue weighted by molar-refractivity contribution is 6.30. The van der Waals surface area contributed by atoms with Gasteiger partial charge >= 0.3 is 0 Å². The molecule has 0 aliphatic carbocycles. The number of para-hydroxylation sites is 1. The highest BCUT2D eigenvalue weighted by Gasteiger charge is 2.34. The Morgan fingerprint density at radius 2 is 1.92 bits per heavy atom. The average molecular weight is 537 g/mol. The van der Waals surface area contributed by atoms with Gasteiger partial charge < -0.3 is 20.1 Å². The SMILES string of the molecule is C[C@H]1CN([C@@H](C)CO)C(=O)c2cccc(NC(=O)c3ccncc3)c2O[C@@H]1CN(C)Cc1ccc(Cl)cc1. The summed E-state index contributed by atoms with van der Waals surface area (Å²) in [7, 11) is 2.01. The van der Waals surface area contributed by atoms with Crippen LogP contribution in [-0.2, 0) is 6.54 Å². The van der Waals surface area contributed by atoms with Gasteiger partial charge in [0.2, 0.25) is 0 Å². The predicted molar refractivity (Wildman–Crippen MR) is 148 cm³/mol. The topological polar surface area (TPSA) is 95.0 Å². The number of aromatic nitrogens is 1. The predicted octanol–water partition coefficient (Wildman–Crippen LogP) is 4.34. The lowest BCUT2D eigenvalue weighted by Crippen LogP contribution is -2.49. The number of nitrogens with one attached hydrogen (secondary N) is 1. The van der Waals surface area contributed by atoms with Gasteiger partial charge in [-0.1, -0.05) is 36.7 Å². The molecule has 0 radical (unpaired) electrons. The number of aliphatic hydroxyl groups is 1. The van der Waals surface area contributed by atoms with E-state index in [4.69, 9.17) is 16.3 Å². The highest BCUT2D eigenvalue weighted by Crippen LogP contribution is 2.35. The number of carbonyl (C=O) groups excluding carboxylic acids is 2. The van der Waals surface area contributed by atoms with E-state index in [-0.39, 0.29) is 36.5 Å². The van der Waals surface area contributed by atoms with Crippen molar-refractivity contribution in [2.45, 2.75) is 32.5 Å². The molecule has 9 heteroatoms. The molecule has 0 bridgehead atoms. The van der Waals surface area contributed by atoms with Gasteiger partial charge in [0.05, 0.1) is 23.9 Å². The molecule has 3 atom stereocenters. The molecule has 1 aromatic heterocycles. The molecule has 2 aromatic carbocycles.